The molecule has 0 radical (unpaired) electrons. The zero-order valence-electron chi connectivity index (χ0n) is 12.0. The quantitative estimate of drug-likeness (QED) is 0.808. The lowest BCUT2D eigenvalue weighted by Crippen LogP contribution is -2.26. The number of nitrogens with one attached hydrogen (secondary N) is 1. The molecule has 2 aromatic rings. The molecule has 0 heterocycles. The summed E-state index contributed by atoms with van der Waals surface area (Å²) >= 11 is 3.40. The van der Waals surface area contributed by atoms with Crippen LogP contribution < -0.4 is 11.1 Å². The maximum absolute atomic E-state index is 12.0. The zero-order valence-corrected chi connectivity index (χ0v) is 13.6. The molecule has 21 heavy (non-hydrogen) atoms. The first-order valence-electron chi connectivity index (χ1n) is 6.94. The molecule has 0 saturated heterocycles. The van der Waals surface area contributed by atoms with Crippen molar-refractivity contribution in [3.63, 3.8) is 0 Å². The van der Waals surface area contributed by atoms with E-state index in [1.807, 2.05) is 55.5 Å². The van der Waals surface area contributed by atoms with Gasteiger partial charge in [-0.15, -0.1) is 0 Å². The lowest BCUT2D eigenvalue weighted by molar-refractivity contribution is -0.121. The van der Waals surface area contributed by atoms with Crippen molar-refractivity contribution in [2.75, 3.05) is 5.73 Å². The summed E-state index contributed by atoms with van der Waals surface area (Å²) in [6.45, 7) is 1.98. The van der Waals surface area contributed by atoms with Crippen molar-refractivity contribution in [1.29, 1.82) is 0 Å². The first-order valence-corrected chi connectivity index (χ1v) is 7.74. The van der Waals surface area contributed by atoms with Gasteiger partial charge in [-0.25, -0.2) is 0 Å². The van der Waals surface area contributed by atoms with Gasteiger partial charge in [-0.05, 0) is 42.7 Å². The van der Waals surface area contributed by atoms with Crippen molar-refractivity contribution in [3.05, 3.63) is 64.1 Å². The van der Waals surface area contributed by atoms with Gasteiger partial charge in [0, 0.05) is 16.6 Å². The summed E-state index contributed by atoms with van der Waals surface area (Å²) in [6.07, 6.45) is 1.10. The topological polar surface area (TPSA) is 55.1 Å². The van der Waals surface area contributed by atoms with E-state index in [2.05, 4.69) is 21.2 Å². The molecule has 0 spiro atoms. The Labute approximate surface area is 133 Å². The van der Waals surface area contributed by atoms with Crippen LogP contribution in [-0.4, -0.2) is 5.91 Å². The molecule has 1 atom stereocenters. The minimum atomic E-state index is -0.00118. The SMILES string of the molecule is C[C@@H](NC(=O)CCc1ccccc1N)c1ccc(Br)cc1. The predicted molar refractivity (Wildman–Crippen MR) is 89.9 cm³/mol. The first kappa shape index (κ1) is 15.6. The fourth-order valence-electron chi connectivity index (χ4n) is 2.16. The summed E-state index contributed by atoms with van der Waals surface area (Å²) in [5, 5.41) is 3.01. The number of carbonyl (C=O) groups excluding carboxylic acids is 1. The summed E-state index contributed by atoms with van der Waals surface area (Å²) in [7, 11) is 0. The molecule has 0 aromatic heterocycles. The molecule has 0 bridgehead atoms. The van der Waals surface area contributed by atoms with Gasteiger partial charge in [0.05, 0.1) is 6.04 Å². The molecule has 4 heteroatoms. The maximum atomic E-state index is 12.0. The summed E-state index contributed by atoms with van der Waals surface area (Å²) in [5.41, 5.74) is 8.73. The second-order valence-electron chi connectivity index (χ2n) is 5.04. The zero-order chi connectivity index (χ0) is 15.2. The summed E-state index contributed by atoms with van der Waals surface area (Å²) in [6, 6.07) is 15.6. The normalized spacial score (nSPS) is 11.9. The highest BCUT2D eigenvalue weighted by molar-refractivity contribution is 9.10. The van der Waals surface area contributed by atoms with Crippen LogP contribution in [0, 0.1) is 0 Å². The molecule has 0 aliphatic rings. The highest BCUT2D eigenvalue weighted by atomic mass is 79.9. The number of anilines is 1. The molecule has 0 saturated carbocycles. The highest BCUT2D eigenvalue weighted by Crippen LogP contribution is 2.17. The van der Waals surface area contributed by atoms with E-state index in [0.717, 1.165) is 21.3 Å². The van der Waals surface area contributed by atoms with Gasteiger partial charge in [-0.2, -0.15) is 0 Å². The fourth-order valence-corrected chi connectivity index (χ4v) is 2.42. The molecular formula is C17H19BrN2O. The van der Waals surface area contributed by atoms with Crippen molar-refractivity contribution in [3.8, 4) is 0 Å². The van der Waals surface area contributed by atoms with Crippen LogP contribution in [0.15, 0.2) is 53.0 Å². The van der Waals surface area contributed by atoms with Crippen molar-refractivity contribution in [1.82, 2.24) is 5.32 Å². The second-order valence-corrected chi connectivity index (χ2v) is 5.96. The van der Waals surface area contributed by atoms with E-state index in [1.165, 1.54) is 0 Å². The third kappa shape index (κ3) is 4.60. The molecule has 2 aromatic carbocycles. The van der Waals surface area contributed by atoms with E-state index < -0.39 is 0 Å². The molecule has 1 amide bonds. The monoisotopic (exact) mass is 346 g/mol. The Bertz CT molecular complexity index is 610. The number of aryl methyl sites for hydroxylation is 1. The number of benzene rings is 2. The van der Waals surface area contributed by atoms with Crippen LogP contribution in [0.25, 0.3) is 0 Å². The largest absolute Gasteiger partial charge is 0.399 e. The van der Waals surface area contributed by atoms with E-state index in [-0.39, 0.29) is 11.9 Å². The van der Waals surface area contributed by atoms with Crippen molar-refractivity contribution in [2.24, 2.45) is 0 Å². The van der Waals surface area contributed by atoms with Gasteiger partial charge in [0.2, 0.25) is 5.91 Å². The third-order valence-electron chi connectivity index (χ3n) is 3.42. The minimum absolute atomic E-state index is 0.00118. The summed E-state index contributed by atoms with van der Waals surface area (Å²) < 4.78 is 1.03. The Morgan fingerprint density at radius 2 is 1.86 bits per heavy atom. The molecule has 2 rings (SSSR count). The Kier molecular flexibility index (Phi) is 5.39. The van der Waals surface area contributed by atoms with Crippen LogP contribution in [0.1, 0.15) is 30.5 Å². The van der Waals surface area contributed by atoms with Crippen LogP contribution in [0.4, 0.5) is 5.69 Å². The average molecular weight is 347 g/mol. The highest BCUT2D eigenvalue weighted by Gasteiger charge is 2.10. The van der Waals surface area contributed by atoms with Crippen LogP contribution >= 0.6 is 15.9 Å². The van der Waals surface area contributed by atoms with E-state index in [4.69, 9.17) is 5.73 Å². The van der Waals surface area contributed by atoms with E-state index in [1.54, 1.807) is 0 Å². The Morgan fingerprint density at radius 3 is 2.52 bits per heavy atom. The summed E-state index contributed by atoms with van der Waals surface area (Å²) in [4.78, 5) is 12.0. The molecule has 3 nitrogen and oxygen atoms in total. The molecular weight excluding hydrogens is 328 g/mol. The van der Waals surface area contributed by atoms with Crippen LogP contribution in [0.3, 0.4) is 0 Å². The van der Waals surface area contributed by atoms with Gasteiger partial charge < -0.3 is 11.1 Å². The Morgan fingerprint density at radius 1 is 1.19 bits per heavy atom. The average Bonchev–Trinajstić information content (AvgIpc) is 2.47. The third-order valence-corrected chi connectivity index (χ3v) is 3.95. The predicted octanol–water partition coefficient (Wildman–Crippen LogP) is 3.84. The fraction of sp³-hybridized carbons (Fsp3) is 0.235. The number of amides is 1. The van der Waals surface area contributed by atoms with E-state index in [0.29, 0.717) is 12.8 Å². The molecule has 110 valence electrons. The molecule has 3 N–H and O–H groups in total. The molecule has 0 unspecified atom stereocenters. The number of carbonyl (C=O) groups is 1. The van der Waals surface area contributed by atoms with E-state index in [9.17, 15) is 4.79 Å². The lowest BCUT2D eigenvalue weighted by Gasteiger charge is -2.14. The number of hydrogen-bond acceptors (Lipinski definition) is 2. The Balaban J connectivity index is 1.87. The van der Waals surface area contributed by atoms with Crippen molar-refractivity contribution < 1.29 is 4.79 Å². The molecule has 0 fully saturated rings. The standard InChI is InChI=1S/C17H19BrN2O/c1-12(13-6-9-15(18)10-7-13)20-17(21)11-8-14-4-2-3-5-16(14)19/h2-7,9-10,12H,8,11,19H2,1H3,(H,20,21)/t12-/m1/s1. The number of para-hydroxylation sites is 1. The van der Waals surface area contributed by atoms with Gasteiger partial charge in [0.1, 0.15) is 0 Å². The van der Waals surface area contributed by atoms with E-state index >= 15 is 0 Å². The smallest absolute Gasteiger partial charge is 0.220 e. The number of rotatable bonds is 5. The van der Waals surface area contributed by atoms with Crippen LogP contribution in [0.2, 0.25) is 0 Å². The first-order chi connectivity index (χ1) is 10.1. The van der Waals surface area contributed by atoms with Crippen LogP contribution in [-0.2, 0) is 11.2 Å². The molecule has 0 aliphatic carbocycles. The number of nitrogen functional groups attached to an aromatic ring is 1. The van der Waals surface area contributed by atoms with Crippen molar-refractivity contribution >= 4 is 27.5 Å². The second kappa shape index (κ2) is 7.27. The number of halogens is 1. The van der Waals surface area contributed by atoms with Crippen molar-refractivity contribution in [2.45, 2.75) is 25.8 Å². The maximum Gasteiger partial charge on any atom is 0.220 e. The van der Waals surface area contributed by atoms with Gasteiger partial charge in [-0.3, -0.25) is 4.79 Å². The van der Waals surface area contributed by atoms with Crippen LogP contribution in [0.5, 0.6) is 0 Å². The van der Waals surface area contributed by atoms with Gasteiger partial charge in [0.15, 0.2) is 0 Å². The minimum Gasteiger partial charge on any atom is -0.399 e. The lowest BCUT2D eigenvalue weighted by atomic mass is 10.1. The molecule has 0 aliphatic heterocycles. The Hall–Kier alpha value is -1.81. The van der Waals surface area contributed by atoms with Gasteiger partial charge in [0.25, 0.3) is 0 Å². The number of hydrogen-bond donors (Lipinski definition) is 2. The van der Waals surface area contributed by atoms with Gasteiger partial charge >= 0.3 is 0 Å². The van der Waals surface area contributed by atoms with Gasteiger partial charge in [-0.1, -0.05) is 46.3 Å². The summed E-state index contributed by atoms with van der Waals surface area (Å²) in [5.74, 6) is 0.0358. The number of nitrogens with two attached hydrogens (primary N) is 1.